The van der Waals surface area contributed by atoms with E-state index in [-0.39, 0.29) is 11.9 Å². The fourth-order valence-electron chi connectivity index (χ4n) is 3.04. The maximum absolute atomic E-state index is 12.9. The molecule has 1 aliphatic rings. The number of carbonyl (C=O) groups is 1. The highest BCUT2D eigenvalue weighted by atomic mass is 35.5. The molecule has 4 nitrogen and oxygen atoms in total. The van der Waals surface area contributed by atoms with Crippen LogP contribution in [0.2, 0.25) is 5.02 Å². The van der Waals surface area contributed by atoms with Gasteiger partial charge in [-0.2, -0.15) is 0 Å². The number of halogens is 1. The summed E-state index contributed by atoms with van der Waals surface area (Å²) in [6.45, 7) is 2.96. The van der Waals surface area contributed by atoms with Crippen LogP contribution in [0, 0.1) is 0 Å². The number of likely N-dealkylation sites (N-methyl/N-ethyl adjacent to an activating group) is 1. The van der Waals surface area contributed by atoms with Crippen LogP contribution in [0.1, 0.15) is 18.5 Å². The molecular formula is C19H21ClN2O2. The van der Waals surface area contributed by atoms with Crippen molar-refractivity contribution < 1.29 is 9.53 Å². The molecule has 3 rings (SSSR count). The molecule has 0 aromatic heterocycles. The van der Waals surface area contributed by atoms with E-state index in [0.717, 1.165) is 11.3 Å². The number of hydrogen-bond acceptors (Lipinski definition) is 3. The zero-order valence-corrected chi connectivity index (χ0v) is 14.6. The number of carbonyl (C=O) groups excluding carboxylic acids is 1. The normalized spacial score (nSPS) is 22.3. The summed E-state index contributed by atoms with van der Waals surface area (Å²) in [6, 6.07) is 17.0. The monoisotopic (exact) mass is 344 g/mol. The Morgan fingerprint density at radius 1 is 1.17 bits per heavy atom. The SMILES string of the molecule is CN1CCO[C@@](C)([C@@H](Nc2ccccc2)c2ccc(Cl)cc2)C1=O. The van der Waals surface area contributed by atoms with Crippen molar-refractivity contribution in [3.8, 4) is 0 Å². The number of hydrogen-bond donors (Lipinski definition) is 1. The molecule has 0 spiro atoms. The van der Waals surface area contributed by atoms with Gasteiger partial charge in [-0.05, 0) is 36.8 Å². The first-order valence-electron chi connectivity index (χ1n) is 7.97. The summed E-state index contributed by atoms with van der Waals surface area (Å²) in [6.07, 6.45) is 0. The van der Waals surface area contributed by atoms with Crippen LogP contribution >= 0.6 is 11.6 Å². The highest BCUT2D eigenvalue weighted by molar-refractivity contribution is 6.30. The summed E-state index contributed by atoms with van der Waals surface area (Å²) in [5, 5.41) is 4.12. The molecule has 1 heterocycles. The van der Waals surface area contributed by atoms with E-state index in [4.69, 9.17) is 16.3 Å². The van der Waals surface area contributed by atoms with Gasteiger partial charge < -0.3 is 15.0 Å². The minimum absolute atomic E-state index is 0.0304. The lowest BCUT2D eigenvalue weighted by Gasteiger charge is -2.43. The number of para-hydroxylation sites is 1. The number of nitrogens with zero attached hydrogens (tertiary/aromatic N) is 1. The zero-order chi connectivity index (χ0) is 17.2. The van der Waals surface area contributed by atoms with Crippen LogP contribution in [0.25, 0.3) is 0 Å². The van der Waals surface area contributed by atoms with Gasteiger partial charge in [0.15, 0.2) is 5.60 Å². The van der Waals surface area contributed by atoms with Gasteiger partial charge in [0.2, 0.25) is 0 Å². The number of ether oxygens (including phenoxy) is 1. The van der Waals surface area contributed by atoms with E-state index in [1.54, 1.807) is 4.90 Å². The van der Waals surface area contributed by atoms with Gasteiger partial charge in [-0.15, -0.1) is 0 Å². The van der Waals surface area contributed by atoms with Gasteiger partial charge in [0.25, 0.3) is 5.91 Å². The molecule has 24 heavy (non-hydrogen) atoms. The van der Waals surface area contributed by atoms with Crippen LogP contribution in [0.4, 0.5) is 5.69 Å². The number of nitrogens with one attached hydrogen (secondary N) is 1. The van der Waals surface area contributed by atoms with Crippen molar-refractivity contribution in [2.75, 3.05) is 25.5 Å². The van der Waals surface area contributed by atoms with E-state index in [2.05, 4.69) is 5.32 Å². The van der Waals surface area contributed by atoms with Crippen LogP contribution in [0.5, 0.6) is 0 Å². The lowest BCUT2D eigenvalue weighted by Crippen LogP contribution is -2.58. The largest absolute Gasteiger partial charge is 0.375 e. The lowest BCUT2D eigenvalue weighted by molar-refractivity contribution is -0.169. The standard InChI is InChI=1S/C19H21ClN2O2/c1-19(18(23)22(2)12-13-24-19)17(14-8-10-15(20)11-9-14)21-16-6-4-3-5-7-16/h3-11,17,21H,12-13H2,1-2H3/t17-,19-/m0/s1. The van der Waals surface area contributed by atoms with Crippen molar-refractivity contribution in [1.29, 1.82) is 0 Å². The number of benzene rings is 2. The highest BCUT2D eigenvalue weighted by Gasteiger charge is 2.47. The molecule has 0 unspecified atom stereocenters. The molecule has 126 valence electrons. The molecule has 0 saturated carbocycles. The predicted molar refractivity (Wildman–Crippen MR) is 96.3 cm³/mol. The molecule has 5 heteroatoms. The molecule has 0 radical (unpaired) electrons. The molecule has 1 fully saturated rings. The van der Waals surface area contributed by atoms with Gasteiger partial charge in [0, 0.05) is 24.3 Å². The second-order valence-corrected chi connectivity index (χ2v) is 6.61. The van der Waals surface area contributed by atoms with Gasteiger partial charge in [-0.25, -0.2) is 0 Å². The summed E-state index contributed by atoms with van der Waals surface area (Å²) in [4.78, 5) is 14.6. The van der Waals surface area contributed by atoms with Crippen molar-refractivity contribution in [1.82, 2.24) is 4.90 Å². The number of amides is 1. The van der Waals surface area contributed by atoms with Crippen molar-refractivity contribution in [2.24, 2.45) is 0 Å². The molecule has 1 N–H and O–H groups in total. The highest BCUT2D eigenvalue weighted by Crippen LogP contribution is 2.36. The Morgan fingerprint density at radius 3 is 2.50 bits per heavy atom. The van der Waals surface area contributed by atoms with Crippen LogP contribution in [-0.4, -0.2) is 36.6 Å². The molecule has 1 saturated heterocycles. The first-order chi connectivity index (χ1) is 11.5. The lowest BCUT2D eigenvalue weighted by atomic mass is 9.87. The predicted octanol–water partition coefficient (Wildman–Crippen LogP) is 3.74. The molecule has 0 bridgehead atoms. The third kappa shape index (κ3) is 3.25. The summed E-state index contributed by atoms with van der Waals surface area (Å²) in [5.74, 6) is -0.0304. The van der Waals surface area contributed by atoms with E-state index in [9.17, 15) is 4.79 Å². The summed E-state index contributed by atoms with van der Waals surface area (Å²) < 4.78 is 5.98. The average Bonchev–Trinajstić information content (AvgIpc) is 2.59. The van der Waals surface area contributed by atoms with Gasteiger partial charge >= 0.3 is 0 Å². The van der Waals surface area contributed by atoms with Crippen LogP contribution < -0.4 is 5.32 Å². The summed E-state index contributed by atoms with van der Waals surface area (Å²) >= 11 is 6.02. The van der Waals surface area contributed by atoms with Gasteiger partial charge in [-0.1, -0.05) is 41.9 Å². The third-order valence-electron chi connectivity index (χ3n) is 4.44. The molecular weight excluding hydrogens is 324 g/mol. The maximum atomic E-state index is 12.9. The molecule has 1 aliphatic heterocycles. The minimum Gasteiger partial charge on any atom is -0.375 e. The van der Waals surface area contributed by atoms with Crippen molar-refractivity contribution >= 4 is 23.2 Å². The Bertz CT molecular complexity index is 705. The summed E-state index contributed by atoms with van der Waals surface area (Å²) in [5.41, 5.74) is 0.897. The second-order valence-electron chi connectivity index (χ2n) is 6.18. The fraction of sp³-hybridized carbons (Fsp3) is 0.316. The van der Waals surface area contributed by atoms with Gasteiger partial charge in [0.05, 0.1) is 12.6 Å². The number of morpholine rings is 1. The zero-order valence-electron chi connectivity index (χ0n) is 13.8. The third-order valence-corrected chi connectivity index (χ3v) is 4.69. The molecule has 2 aromatic carbocycles. The molecule has 0 aliphatic carbocycles. The molecule has 2 aromatic rings. The van der Waals surface area contributed by atoms with Crippen LogP contribution in [-0.2, 0) is 9.53 Å². The Kier molecular flexibility index (Phi) is 4.78. The minimum atomic E-state index is -0.989. The van der Waals surface area contributed by atoms with Crippen molar-refractivity contribution in [3.05, 3.63) is 65.2 Å². The Hall–Kier alpha value is -2.04. The van der Waals surface area contributed by atoms with E-state index >= 15 is 0 Å². The molecule has 2 atom stereocenters. The smallest absolute Gasteiger partial charge is 0.256 e. The maximum Gasteiger partial charge on any atom is 0.256 e. The fourth-order valence-corrected chi connectivity index (χ4v) is 3.17. The first-order valence-corrected chi connectivity index (χ1v) is 8.35. The quantitative estimate of drug-likeness (QED) is 0.918. The summed E-state index contributed by atoms with van der Waals surface area (Å²) in [7, 11) is 1.81. The van der Waals surface area contributed by atoms with E-state index in [0.29, 0.717) is 18.2 Å². The molecule has 1 amide bonds. The Morgan fingerprint density at radius 2 is 1.83 bits per heavy atom. The Balaban J connectivity index is 2.00. The number of rotatable bonds is 4. The van der Waals surface area contributed by atoms with Crippen LogP contribution in [0.15, 0.2) is 54.6 Å². The Labute approximate surface area is 147 Å². The van der Waals surface area contributed by atoms with Crippen LogP contribution in [0.3, 0.4) is 0 Å². The van der Waals surface area contributed by atoms with Gasteiger partial charge in [-0.3, -0.25) is 4.79 Å². The second kappa shape index (κ2) is 6.83. The topological polar surface area (TPSA) is 41.6 Å². The van der Waals surface area contributed by atoms with Crippen molar-refractivity contribution in [2.45, 2.75) is 18.6 Å². The van der Waals surface area contributed by atoms with Crippen molar-refractivity contribution in [3.63, 3.8) is 0 Å². The number of anilines is 1. The average molecular weight is 345 g/mol. The first kappa shape index (κ1) is 16.8. The van der Waals surface area contributed by atoms with E-state index < -0.39 is 5.60 Å². The van der Waals surface area contributed by atoms with E-state index in [1.165, 1.54) is 0 Å². The van der Waals surface area contributed by atoms with E-state index in [1.807, 2.05) is 68.6 Å². The van der Waals surface area contributed by atoms with Gasteiger partial charge in [0.1, 0.15) is 0 Å².